The van der Waals surface area contributed by atoms with Crippen LogP contribution in [-0.2, 0) is 0 Å². The summed E-state index contributed by atoms with van der Waals surface area (Å²) in [5.74, 6) is -0.0957. The molecule has 0 aliphatic rings. The SMILES string of the molecule is CCC(=O)c1sc(NCCC(F)(F)F)c(SC)c1N. The summed E-state index contributed by atoms with van der Waals surface area (Å²) in [7, 11) is 0. The largest absolute Gasteiger partial charge is 0.396 e. The number of hydrogen-bond acceptors (Lipinski definition) is 5. The van der Waals surface area contributed by atoms with E-state index in [4.69, 9.17) is 5.73 Å². The molecule has 19 heavy (non-hydrogen) atoms. The summed E-state index contributed by atoms with van der Waals surface area (Å²) < 4.78 is 36.3. The Kier molecular flexibility index (Phi) is 5.54. The van der Waals surface area contributed by atoms with Gasteiger partial charge in [-0.05, 0) is 6.26 Å². The zero-order chi connectivity index (χ0) is 14.6. The van der Waals surface area contributed by atoms with Gasteiger partial charge in [-0.25, -0.2) is 0 Å². The van der Waals surface area contributed by atoms with Crippen LogP contribution in [0.15, 0.2) is 4.90 Å². The summed E-state index contributed by atoms with van der Waals surface area (Å²) >= 11 is 2.44. The van der Waals surface area contributed by atoms with Gasteiger partial charge in [0.2, 0.25) is 0 Å². The van der Waals surface area contributed by atoms with Gasteiger partial charge in [-0.3, -0.25) is 4.79 Å². The van der Waals surface area contributed by atoms with Gasteiger partial charge in [0.1, 0.15) is 5.00 Å². The lowest BCUT2D eigenvalue weighted by Gasteiger charge is -2.08. The minimum Gasteiger partial charge on any atom is -0.396 e. The molecule has 0 radical (unpaired) electrons. The topological polar surface area (TPSA) is 55.1 Å². The third-order valence-corrected chi connectivity index (χ3v) is 4.54. The number of hydrogen-bond donors (Lipinski definition) is 2. The quantitative estimate of drug-likeness (QED) is 0.615. The van der Waals surface area contributed by atoms with E-state index in [9.17, 15) is 18.0 Å². The van der Waals surface area contributed by atoms with Crippen molar-refractivity contribution < 1.29 is 18.0 Å². The molecule has 1 heterocycles. The molecule has 0 amide bonds. The van der Waals surface area contributed by atoms with E-state index in [2.05, 4.69) is 5.32 Å². The molecule has 8 heteroatoms. The number of Topliss-reactive ketones (excluding diaryl/α,β-unsaturated/α-hetero) is 1. The van der Waals surface area contributed by atoms with Gasteiger partial charge in [0.05, 0.1) is 21.9 Å². The first-order valence-electron chi connectivity index (χ1n) is 5.60. The molecule has 0 atom stereocenters. The Morgan fingerprint density at radius 2 is 2.11 bits per heavy atom. The van der Waals surface area contributed by atoms with Crippen LogP contribution in [0.2, 0.25) is 0 Å². The lowest BCUT2D eigenvalue weighted by Crippen LogP contribution is -2.14. The highest BCUT2D eigenvalue weighted by atomic mass is 32.2. The molecule has 1 aromatic heterocycles. The molecule has 0 spiro atoms. The number of halogens is 3. The molecule has 0 aliphatic heterocycles. The first kappa shape index (κ1) is 16.2. The average molecular weight is 312 g/mol. The van der Waals surface area contributed by atoms with E-state index in [-0.39, 0.29) is 12.3 Å². The van der Waals surface area contributed by atoms with Crippen molar-refractivity contribution >= 4 is 39.6 Å². The molecule has 0 saturated heterocycles. The van der Waals surface area contributed by atoms with Crippen molar-refractivity contribution in [3.8, 4) is 0 Å². The molecule has 0 fully saturated rings. The van der Waals surface area contributed by atoms with E-state index in [1.54, 1.807) is 13.2 Å². The van der Waals surface area contributed by atoms with Gasteiger partial charge in [0.25, 0.3) is 0 Å². The van der Waals surface area contributed by atoms with Gasteiger partial charge in [0.15, 0.2) is 5.78 Å². The first-order chi connectivity index (χ1) is 8.80. The van der Waals surface area contributed by atoms with Crippen molar-refractivity contribution in [1.82, 2.24) is 0 Å². The highest BCUT2D eigenvalue weighted by Crippen LogP contribution is 2.42. The molecular weight excluding hydrogens is 297 g/mol. The maximum atomic E-state index is 12.1. The summed E-state index contributed by atoms with van der Waals surface area (Å²) in [6.45, 7) is 1.49. The van der Waals surface area contributed by atoms with E-state index >= 15 is 0 Å². The third-order valence-electron chi connectivity index (χ3n) is 2.37. The maximum Gasteiger partial charge on any atom is 0.390 e. The predicted octanol–water partition coefficient (Wildman–Crippen LogP) is 4.01. The fourth-order valence-electron chi connectivity index (χ4n) is 1.43. The Morgan fingerprint density at radius 1 is 1.47 bits per heavy atom. The van der Waals surface area contributed by atoms with Crippen molar-refractivity contribution in [3.63, 3.8) is 0 Å². The number of carbonyl (C=O) groups excluding carboxylic acids is 1. The van der Waals surface area contributed by atoms with Gasteiger partial charge in [0, 0.05) is 13.0 Å². The number of thioether (sulfide) groups is 1. The number of anilines is 2. The van der Waals surface area contributed by atoms with Crippen molar-refractivity contribution in [2.75, 3.05) is 23.9 Å². The fourth-order valence-corrected chi connectivity index (χ4v) is 3.50. The van der Waals surface area contributed by atoms with Crippen LogP contribution in [0.4, 0.5) is 23.9 Å². The molecule has 1 rings (SSSR count). The number of nitrogens with two attached hydrogens (primary N) is 1. The first-order valence-corrected chi connectivity index (χ1v) is 7.64. The van der Waals surface area contributed by atoms with Crippen LogP contribution >= 0.6 is 23.1 Å². The smallest absolute Gasteiger partial charge is 0.390 e. The van der Waals surface area contributed by atoms with Crippen LogP contribution in [-0.4, -0.2) is 24.8 Å². The highest BCUT2D eigenvalue weighted by Gasteiger charge is 2.27. The van der Waals surface area contributed by atoms with Crippen LogP contribution in [0.5, 0.6) is 0 Å². The van der Waals surface area contributed by atoms with Crippen LogP contribution in [0.1, 0.15) is 29.4 Å². The van der Waals surface area contributed by atoms with E-state index < -0.39 is 12.6 Å². The molecule has 0 aromatic carbocycles. The van der Waals surface area contributed by atoms with Gasteiger partial charge in [-0.15, -0.1) is 23.1 Å². The van der Waals surface area contributed by atoms with Gasteiger partial charge in [-0.2, -0.15) is 13.2 Å². The Bertz CT molecular complexity index is 458. The molecule has 3 nitrogen and oxygen atoms in total. The fraction of sp³-hybridized carbons (Fsp3) is 0.545. The molecule has 0 unspecified atom stereocenters. The second kappa shape index (κ2) is 6.51. The number of ketones is 1. The molecular formula is C11H15F3N2OS2. The van der Waals surface area contributed by atoms with Crippen LogP contribution in [0.3, 0.4) is 0 Å². The highest BCUT2D eigenvalue weighted by molar-refractivity contribution is 7.99. The number of alkyl halides is 3. The van der Waals surface area contributed by atoms with Crippen LogP contribution in [0.25, 0.3) is 0 Å². The van der Waals surface area contributed by atoms with Crippen molar-refractivity contribution in [2.45, 2.75) is 30.8 Å². The molecule has 3 N–H and O–H groups in total. The second-order valence-electron chi connectivity index (χ2n) is 3.78. The Labute approximate surface area is 117 Å². The average Bonchev–Trinajstić information content (AvgIpc) is 2.63. The third kappa shape index (κ3) is 4.31. The van der Waals surface area contributed by atoms with Gasteiger partial charge < -0.3 is 11.1 Å². The Hall–Kier alpha value is -0.890. The van der Waals surface area contributed by atoms with E-state index in [0.717, 1.165) is 11.3 Å². The maximum absolute atomic E-state index is 12.1. The van der Waals surface area contributed by atoms with E-state index in [0.29, 0.717) is 26.9 Å². The lowest BCUT2D eigenvalue weighted by atomic mass is 10.2. The molecule has 108 valence electrons. The standard InChI is InChI=1S/C11H15F3N2OS2/c1-3-6(17)8-7(15)9(18-2)10(19-8)16-5-4-11(12,13)14/h16H,3-5,15H2,1-2H3. The molecule has 0 aliphatic carbocycles. The minimum atomic E-state index is -4.20. The number of carbonyl (C=O) groups is 1. The van der Waals surface area contributed by atoms with E-state index in [1.165, 1.54) is 11.8 Å². The number of nitrogens with one attached hydrogen (secondary N) is 1. The summed E-state index contributed by atoms with van der Waals surface area (Å²) in [5.41, 5.74) is 6.22. The van der Waals surface area contributed by atoms with Gasteiger partial charge >= 0.3 is 6.18 Å². The number of nitrogen functional groups attached to an aromatic ring is 1. The number of rotatable bonds is 6. The minimum absolute atomic E-state index is 0.0957. The zero-order valence-electron chi connectivity index (χ0n) is 10.6. The number of thiophene rings is 1. The van der Waals surface area contributed by atoms with Crippen molar-refractivity contribution in [1.29, 1.82) is 0 Å². The monoisotopic (exact) mass is 312 g/mol. The van der Waals surface area contributed by atoms with Gasteiger partial charge in [-0.1, -0.05) is 6.92 Å². The summed E-state index contributed by atoms with van der Waals surface area (Å²) in [6, 6.07) is 0. The summed E-state index contributed by atoms with van der Waals surface area (Å²) in [4.78, 5) is 12.7. The molecule has 0 bridgehead atoms. The van der Waals surface area contributed by atoms with Crippen molar-refractivity contribution in [2.24, 2.45) is 0 Å². The van der Waals surface area contributed by atoms with E-state index in [1.807, 2.05) is 0 Å². The zero-order valence-corrected chi connectivity index (χ0v) is 12.2. The van der Waals surface area contributed by atoms with Crippen molar-refractivity contribution in [3.05, 3.63) is 4.88 Å². The predicted molar refractivity (Wildman–Crippen MR) is 74.3 cm³/mol. The Balaban J connectivity index is 2.86. The normalized spacial score (nSPS) is 11.6. The lowest BCUT2D eigenvalue weighted by molar-refractivity contribution is -0.131. The summed E-state index contributed by atoms with van der Waals surface area (Å²) in [6.07, 6.45) is -3.03. The van der Waals surface area contributed by atoms with Crippen LogP contribution < -0.4 is 11.1 Å². The molecule has 1 aromatic rings. The molecule has 0 saturated carbocycles. The summed E-state index contributed by atoms with van der Waals surface area (Å²) in [5, 5.41) is 3.24. The second-order valence-corrected chi connectivity index (χ2v) is 5.61. The Morgan fingerprint density at radius 3 is 2.58 bits per heavy atom. The van der Waals surface area contributed by atoms with Crippen LogP contribution in [0, 0.1) is 0 Å².